The molecular formula is C18H29N3O2. The Bertz CT molecular complexity index is 569. The van der Waals surface area contributed by atoms with Gasteiger partial charge in [-0.1, -0.05) is 13.8 Å². The van der Waals surface area contributed by atoms with E-state index in [1.54, 1.807) is 0 Å². The van der Waals surface area contributed by atoms with Gasteiger partial charge in [0.05, 0.1) is 18.0 Å². The van der Waals surface area contributed by atoms with E-state index in [9.17, 15) is 4.79 Å². The normalized spacial score (nSPS) is 19.3. The van der Waals surface area contributed by atoms with Crippen molar-refractivity contribution in [3.8, 4) is 0 Å². The summed E-state index contributed by atoms with van der Waals surface area (Å²) in [5, 5.41) is 0. The standard InChI is InChI=1S/C18H29N3O2/c1-7-13(2)14-8-9-16(15(19-14)12-20(5)6)21-10-11-23-18(3,4)17(21)22/h8-9,13H,7,10-12H2,1-6H3. The zero-order valence-electron chi connectivity index (χ0n) is 15.2. The number of hydrogen-bond donors (Lipinski definition) is 0. The highest BCUT2D eigenvalue weighted by Crippen LogP contribution is 2.29. The van der Waals surface area contributed by atoms with Crippen LogP contribution in [0.15, 0.2) is 12.1 Å². The molecule has 1 unspecified atom stereocenters. The molecule has 1 saturated heterocycles. The summed E-state index contributed by atoms with van der Waals surface area (Å²) in [6.45, 7) is 9.84. The van der Waals surface area contributed by atoms with Gasteiger partial charge in [-0.2, -0.15) is 0 Å². The lowest BCUT2D eigenvalue weighted by Gasteiger charge is -2.38. The van der Waals surface area contributed by atoms with Crippen molar-refractivity contribution >= 4 is 11.6 Å². The summed E-state index contributed by atoms with van der Waals surface area (Å²) in [5.74, 6) is 0.420. The van der Waals surface area contributed by atoms with Crippen LogP contribution >= 0.6 is 0 Å². The molecule has 1 fully saturated rings. The van der Waals surface area contributed by atoms with Gasteiger partial charge in [-0.25, -0.2) is 0 Å². The van der Waals surface area contributed by atoms with Crippen molar-refractivity contribution in [1.82, 2.24) is 9.88 Å². The van der Waals surface area contributed by atoms with Crippen LogP contribution in [0.3, 0.4) is 0 Å². The molecule has 0 bridgehead atoms. The van der Waals surface area contributed by atoms with E-state index in [-0.39, 0.29) is 5.91 Å². The fraction of sp³-hybridized carbons (Fsp3) is 0.667. The Morgan fingerprint density at radius 1 is 1.39 bits per heavy atom. The minimum Gasteiger partial charge on any atom is -0.364 e. The summed E-state index contributed by atoms with van der Waals surface area (Å²) >= 11 is 0. The van der Waals surface area contributed by atoms with Crippen LogP contribution in [0, 0.1) is 0 Å². The van der Waals surface area contributed by atoms with E-state index < -0.39 is 5.60 Å². The van der Waals surface area contributed by atoms with E-state index in [1.165, 1.54) is 0 Å². The van der Waals surface area contributed by atoms with Crippen molar-refractivity contribution in [2.24, 2.45) is 0 Å². The van der Waals surface area contributed by atoms with Gasteiger partial charge in [0.25, 0.3) is 5.91 Å². The zero-order valence-corrected chi connectivity index (χ0v) is 15.2. The first-order chi connectivity index (χ1) is 10.8. The van der Waals surface area contributed by atoms with Crippen molar-refractivity contribution < 1.29 is 9.53 Å². The van der Waals surface area contributed by atoms with Crippen molar-refractivity contribution in [1.29, 1.82) is 0 Å². The van der Waals surface area contributed by atoms with Gasteiger partial charge in [0.1, 0.15) is 5.60 Å². The lowest BCUT2D eigenvalue weighted by molar-refractivity contribution is -0.144. The lowest BCUT2D eigenvalue weighted by atomic mass is 10.0. The minimum absolute atomic E-state index is 0.00171. The Kier molecular flexibility index (Phi) is 5.42. The number of morpholine rings is 1. The van der Waals surface area contributed by atoms with E-state index >= 15 is 0 Å². The second-order valence-corrected chi connectivity index (χ2v) is 7.06. The predicted molar refractivity (Wildman–Crippen MR) is 92.7 cm³/mol. The number of rotatable bonds is 5. The second kappa shape index (κ2) is 6.97. The Labute approximate surface area is 139 Å². The van der Waals surface area contributed by atoms with E-state index in [2.05, 4.69) is 24.8 Å². The molecule has 128 valence electrons. The zero-order chi connectivity index (χ0) is 17.2. The van der Waals surface area contributed by atoms with Gasteiger partial charge < -0.3 is 14.5 Å². The molecule has 1 aliphatic heterocycles. The molecule has 2 heterocycles. The number of nitrogens with zero attached hydrogens (tertiary/aromatic N) is 3. The molecule has 1 atom stereocenters. The molecule has 1 amide bonds. The highest BCUT2D eigenvalue weighted by molar-refractivity contribution is 6.00. The molecule has 5 nitrogen and oxygen atoms in total. The summed E-state index contributed by atoms with van der Waals surface area (Å²) < 4.78 is 5.61. The fourth-order valence-electron chi connectivity index (χ4n) is 2.77. The molecular weight excluding hydrogens is 290 g/mol. The highest BCUT2D eigenvalue weighted by Gasteiger charge is 2.38. The van der Waals surface area contributed by atoms with E-state index in [0.717, 1.165) is 23.5 Å². The highest BCUT2D eigenvalue weighted by atomic mass is 16.5. The number of hydrogen-bond acceptors (Lipinski definition) is 4. The molecule has 0 aliphatic carbocycles. The van der Waals surface area contributed by atoms with E-state index in [4.69, 9.17) is 9.72 Å². The van der Waals surface area contributed by atoms with Crippen LogP contribution in [-0.2, 0) is 16.1 Å². The monoisotopic (exact) mass is 319 g/mol. The number of carbonyl (C=O) groups is 1. The average Bonchev–Trinajstić information content (AvgIpc) is 2.49. The molecule has 1 aromatic rings. The molecule has 5 heteroatoms. The summed E-state index contributed by atoms with van der Waals surface area (Å²) in [7, 11) is 4.04. The summed E-state index contributed by atoms with van der Waals surface area (Å²) in [6, 6.07) is 4.10. The minimum atomic E-state index is -0.775. The summed E-state index contributed by atoms with van der Waals surface area (Å²) in [5.41, 5.74) is 2.18. The third kappa shape index (κ3) is 3.90. The Hall–Kier alpha value is -1.46. The summed E-state index contributed by atoms with van der Waals surface area (Å²) in [4.78, 5) is 21.5. The molecule has 2 rings (SSSR count). The Morgan fingerprint density at radius 3 is 2.70 bits per heavy atom. The number of anilines is 1. The molecule has 1 aromatic heterocycles. The van der Waals surface area contributed by atoms with Crippen LogP contribution in [0.4, 0.5) is 5.69 Å². The molecule has 0 spiro atoms. The number of aromatic nitrogens is 1. The molecule has 0 N–H and O–H groups in total. The van der Waals surface area contributed by atoms with Gasteiger partial charge in [0.15, 0.2) is 0 Å². The van der Waals surface area contributed by atoms with Crippen LogP contribution in [-0.4, -0.2) is 48.6 Å². The van der Waals surface area contributed by atoms with Crippen LogP contribution in [0.25, 0.3) is 0 Å². The smallest absolute Gasteiger partial charge is 0.258 e. The first-order valence-electron chi connectivity index (χ1n) is 8.36. The number of amides is 1. The maximum atomic E-state index is 12.7. The maximum absolute atomic E-state index is 12.7. The molecule has 0 aromatic carbocycles. The number of pyridine rings is 1. The first-order valence-corrected chi connectivity index (χ1v) is 8.36. The number of carbonyl (C=O) groups excluding carboxylic acids is 1. The topological polar surface area (TPSA) is 45.7 Å². The third-order valence-corrected chi connectivity index (χ3v) is 4.38. The lowest BCUT2D eigenvalue weighted by Crippen LogP contribution is -2.54. The van der Waals surface area contributed by atoms with Gasteiger partial charge >= 0.3 is 0 Å². The van der Waals surface area contributed by atoms with Gasteiger partial charge in [0.2, 0.25) is 0 Å². The second-order valence-electron chi connectivity index (χ2n) is 7.06. The van der Waals surface area contributed by atoms with Crippen LogP contribution in [0.1, 0.15) is 51.4 Å². The van der Waals surface area contributed by atoms with Crippen molar-refractivity contribution in [3.63, 3.8) is 0 Å². The first kappa shape index (κ1) is 17.9. The Balaban J connectivity index is 2.42. The largest absolute Gasteiger partial charge is 0.364 e. The van der Waals surface area contributed by atoms with Gasteiger partial charge in [-0.3, -0.25) is 9.78 Å². The maximum Gasteiger partial charge on any atom is 0.258 e. The fourth-order valence-corrected chi connectivity index (χ4v) is 2.77. The average molecular weight is 319 g/mol. The van der Waals surface area contributed by atoms with Gasteiger partial charge in [-0.05, 0) is 52.4 Å². The third-order valence-electron chi connectivity index (χ3n) is 4.38. The number of ether oxygens (including phenoxy) is 1. The predicted octanol–water partition coefficient (Wildman–Crippen LogP) is 2.80. The van der Waals surface area contributed by atoms with Crippen molar-refractivity contribution in [3.05, 3.63) is 23.5 Å². The van der Waals surface area contributed by atoms with Gasteiger partial charge in [-0.15, -0.1) is 0 Å². The van der Waals surface area contributed by atoms with Crippen LogP contribution < -0.4 is 4.90 Å². The van der Waals surface area contributed by atoms with Crippen LogP contribution in [0.5, 0.6) is 0 Å². The van der Waals surface area contributed by atoms with Gasteiger partial charge in [0, 0.05) is 18.8 Å². The van der Waals surface area contributed by atoms with E-state index in [1.807, 2.05) is 38.9 Å². The van der Waals surface area contributed by atoms with Crippen LogP contribution in [0.2, 0.25) is 0 Å². The SMILES string of the molecule is CCC(C)c1ccc(N2CCOC(C)(C)C2=O)c(CN(C)C)n1. The van der Waals surface area contributed by atoms with Crippen molar-refractivity contribution in [2.75, 3.05) is 32.1 Å². The molecule has 0 saturated carbocycles. The molecule has 23 heavy (non-hydrogen) atoms. The molecule has 0 radical (unpaired) electrons. The Morgan fingerprint density at radius 2 is 2.09 bits per heavy atom. The quantitative estimate of drug-likeness (QED) is 0.837. The summed E-state index contributed by atoms with van der Waals surface area (Å²) in [6.07, 6.45) is 1.05. The van der Waals surface area contributed by atoms with Crippen molar-refractivity contribution in [2.45, 2.75) is 52.2 Å². The molecule has 1 aliphatic rings. The van der Waals surface area contributed by atoms with E-state index in [0.29, 0.717) is 25.6 Å².